The van der Waals surface area contributed by atoms with E-state index in [9.17, 15) is 0 Å². The van der Waals surface area contributed by atoms with Crippen LogP contribution in [0.15, 0.2) is 35.1 Å². The van der Waals surface area contributed by atoms with E-state index in [4.69, 9.17) is 4.42 Å². The molecule has 80 valence electrons. The van der Waals surface area contributed by atoms with Crippen LogP contribution in [0.1, 0.15) is 24.4 Å². The molecule has 0 spiro atoms. The number of aromatic amines is 1. The number of nitrogens with zero attached hydrogens (tertiary/aromatic N) is 1. The molecule has 0 bridgehead atoms. The summed E-state index contributed by atoms with van der Waals surface area (Å²) in [7, 11) is 0. The normalized spacial score (nSPS) is 12.9. The molecular formula is C11H15N3O. The molecule has 2 N–H and O–H groups in total. The summed E-state index contributed by atoms with van der Waals surface area (Å²) in [5.41, 5.74) is 1.11. The Balaban J connectivity index is 1.74. The molecule has 1 unspecified atom stereocenters. The van der Waals surface area contributed by atoms with Gasteiger partial charge in [-0.15, -0.1) is 0 Å². The molecular weight excluding hydrogens is 190 g/mol. The Morgan fingerprint density at radius 1 is 1.53 bits per heavy atom. The molecule has 2 aromatic rings. The van der Waals surface area contributed by atoms with Gasteiger partial charge in [0.15, 0.2) is 0 Å². The topological polar surface area (TPSA) is 53.9 Å². The lowest BCUT2D eigenvalue weighted by atomic mass is 10.2. The van der Waals surface area contributed by atoms with E-state index in [1.165, 1.54) is 0 Å². The van der Waals surface area contributed by atoms with E-state index in [1.54, 1.807) is 12.5 Å². The molecule has 4 heteroatoms. The number of hydrogen-bond acceptors (Lipinski definition) is 3. The summed E-state index contributed by atoms with van der Waals surface area (Å²) in [5.74, 6) is 1.01. The number of furan rings is 1. The van der Waals surface area contributed by atoms with Gasteiger partial charge in [0.05, 0.1) is 12.0 Å². The fourth-order valence-corrected chi connectivity index (χ4v) is 1.48. The summed E-state index contributed by atoms with van der Waals surface area (Å²) in [4.78, 5) is 0. The Labute approximate surface area is 88.7 Å². The SMILES string of the molecule is CC(NCCc1ccco1)c1ccn[nH]1. The summed E-state index contributed by atoms with van der Waals surface area (Å²) in [6, 6.07) is 6.17. The van der Waals surface area contributed by atoms with Crippen LogP contribution in [0.2, 0.25) is 0 Å². The smallest absolute Gasteiger partial charge is 0.105 e. The molecule has 0 saturated heterocycles. The highest BCUT2D eigenvalue weighted by Gasteiger charge is 2.05. The van der Waals surface area contributed by atoms with E-state index in [0.717, 1.165) is 24.4 Å². The molecule has 0 saturated carbocycles. The van der Waals surface area contributed by atoms with Crippen molar-refractivity contribution in [3.8, 4) is 0 Å². The van der Waals surface area contributed by atoms with Crippen LogP contribution in [0.3, 0.4) is 0 Å². The molecule has 0 aliphatic carbocycles. The van der Waals surface area contributed by atoms with Gasteiger partial charge in [-0.05, 0) is 25.1 Å². The summed E-state index contributed by atoms with van der Waals surface area (Å²) in [5, 5.41) is 10.3. The van der Waals surface area contributed by atoms with Crippen molar-refractivity contribution in [2.75, 3.05) is 6.54 Å². The van der Waals surface area contributed by atoms with Crippen molar-refractivity contribution in [3.05, 3.63) is 42.1 Å². The highest BCUT2D eigenvalue weighted by molar-refractivity contribution is 5.03. The van der Waals surface area contributed by atoms with Crippen LogP contribution in [0.5, 0.6) is 0 Å². The van der Waals surface area contributed by atoms with Crippen molar-refractivity contribution < 1.29 is 4.42 Å². The number of aromatic nitrogens is 2. The minimum atomic E-state index is 0.294. The van der Waals surface area contributed by atoms with Gasteiger partial charge in [-0.3, -0.25) is 5.10 Å². The third-order valence-corrected chi connectivity index (χ3v) is 2.39. The van der Waals surface area contributed by atoms with Crippen LogP contribution in [-0.2, 0) is 6.42 Å². The van der Waals surface area contributed by atoms with E-state index < -0.39 is 0 Å². The minimum Gasteiger partial charge on any atom is -0.469 e. The van der Waals surface area contributed by atoms with E-state index >= 15 is 0 Å². The Kier molecular flexibility index (Phi) is 3.19. The van der Waals surface area contributed by atoms with Gasteiger partial charge in [0.2, 0.25) is 0 Å². The molecule has 0 aromatic carbocycles. The molecule has 2 rings (SSSR count). The standard InChI is InChI=1S/C11H15N3O/c1-9(11-5-7-13-14-11)12-6-4-10-3-2-8-15-10/h2-3,5,7-9,12H,4,6H2,1H3,(H,13,14). The second kappa shape index (κ2) is 4.79. The van der Waals surface area contributed by atoms with Gasteiger partial charge in [0.25, 0.3) is 0 Å². The quantitative estimate of drug-likeness (QED) is 0.783. The average Bonchev–Trinajstić information content (AvgIpc) is 2.90. The third kappa shape index (κ3) is 2.70. The molecule has 15 heavy (non-hydrogen) atoms. The van der Waals surface area contributed by atoms with E-state index in [0.29, 0.717) is 6.04 Å². The molecule has 4 nitrogen and oxygen atoms in total. The first-order valence-electron chi connectivity index (χ1n) is 5.11. The van der Waals surface area contributed by atoms with Crippen molar-refractivity contribution in [2.45, 2.75) is 19.4 Å². The Morgan fingerprint density at radius 3 is 3.13 bits per heavy atom. The summed E-state index contributed by atoms with van der Waals surface area (Å²) < 4.78 is 5.25. The maximum atomic E-state index is 5.25. The van der Waals surface area contributed by atoms with Gasteiger partial charge in [-0.2, -0.15) is 5.10 Å². The molecule has 2 heterocycles. The van der Waals surface area contributed by atoms with Crippen molar-refractivity contribution in [1.82, 2.24) is 15.5 Å². The summed E-state index contributed by atoms with van der Waals surface area (Å²) in [6.45, 7) is 3.00. The molecule has 0 amide bonds. The second-order valence-corrected chi connectivity index (χ2v) is 3.52. The van der Waals surface area contributed by atoms with Crippen molar-refractivity contribution in [3.63, 3.8) is 0 Å². The van der Waals surface area contributed by atoms with Gasteiger partial charge in [-0.1, -0.05) is 0 Å². The highest BCUT2D eigenvalue weighted by Crippen LogP contribution is 2.07. The maximum Gasteiger partial charge on any atom is 0.105 e. The van der Waals surface area contributed by atoms with Gasteiger partial charge in [0.1, 0.15) is 5.76 Å². The fraction of sp³-hybridized carbons (Fsp3) is 0.364. The van der Waals surface area contributed by atoms with Crippen molar-refractivity contribution in [1.29, 1.82) is 0 Å². The zero-order valence-corrected chi connectivity index (χ0v) is 8.73. The van der Waals surface area contributed by atoms with Crippen LogP contribution >= 0.6 is 0 Å². The van der Waals surface area contributed by atoms with Gasteiger partial charge >= 0.3 is 0 Å². The van der Waals surface area contributed by atoms with E-state index in [1.807, 2.05) is 18.2 Å². The first-order valence-corrected chi connectivity index (χ1v) is 5.11. The molecule has 1 atom stereocenters. The zero-order valence-electron chi connectivity index (χ0n) is 8.73. The van der Waals surface area contributed by atoms with Crippen LogP contribution in [0, 0.1) is 0 Å². The number of nitrogens with one attached hydrogen (secondary N) is 2. The summed E-state index contributed by atoms with van der Waals surface area (Å²) >= 11 is 0. The summed E-state index contributed by atoms with van der Waals surface area (Å²) in [6.07, 6.45) is 4.37. The number of rotatable bonds is 5. The molecule has 0 fully saturated rings. The second-order valence-electron chi connectivity index (χ2n) is 3.52. The Morgan fingerprint density at radius 2 is 2.47 bits per heavy atom. The van der Waals surface area contributed by atoms with Crippen molar-refractivity contribution >= 4 is 0 Å². The average molecular weight is 205 g/mol. The fourth-order valence-electron chi connectivity index (χ4n) is 1.48. The van der Waals surface area contributed by atoms with Crippen LogP contribution in [-0.4, -0.2) is 16.7 Å². The number of hydrogen-bond donors (Lipinski definition) is 2. The molecule has 0 radical (unpaired) electrons. The molecule has 0 aliphatic rings. The Hall–Kier alpha value is -1.55. The van der Waals surface area contributed by atoms with Gasteiger partial charge in [0, 0.05) is 25.2 Å². The van der Waals surface area contributed by atoms with Crippen LogP contribution in [0.25, 0.3) is 0 Å². The van der Waals surface area contributed by atoms with Crippen LogP contribution < -0.4 is 5.32 Å². The van der Waals surface area contributed by atoms with Crippen molar-refractivity contribution in [2.24, 2.45) is 0 Å². The predicted molar refractivity (Wildman–Crippen MR) is 57.4 cm³/mol. The van der Waals surface area contributed by atoms with E-state index in [2.05, 4.69) is 22.4 Å². The van der Waals surface area contributed by atoms with Gasteiger partial charge < -0.3 is 9.73 Å². The third-order valence-electron chi connectivity index (χ3n) is 2.39. The predicted octanol–water partition coefficient (Wildman–Crippen LogP) is 1.90. The lowest BCUT2D eigenvalue weighted by molar-refractivity contribution is 0.483. The van der Waals surface area contributed by atoms with E-state index in [-0.39, 0.29) is 0 Å². The lowest BCUT2D eigenvalue weighted by Gasteiger charge is -2.10. The largest absolute Gasteiger partial charge is 0.469 e. The zero-order chi connectivity index (χ0) is 10.5. The molecule has 2 aromatic heterocycles. The maximum absolute atomic E-state index is 5.25. The van der Waals surface area contributed by atoms with Crippen LogP contribution in [0.4, 0.5) is 0 Å². The van der Waals surface area contributed by atoms with Gasteiger partial charge in [-0.25, -0.2) is 0 Å². The minimum absolute atomic E-state index is 0.294. The Bertz CT molecular complexity index is 366. The first kappa shape index (κ1) is 9.98. The lowest BCUT2D eigenvalue weighted by Crippen LogP contribution is -2.21. The highest BCUT2D eigenvalue weighted by atomic mass is 16.3. The number of H-pyrrole nitrogens is 1. The monoisotopic (exact) mass is 205 g/mol. The first-order chi connectivity index (χ1) is 7.36. The molecule has 0 aliphatic heterocycles.